The van der Waals surface area contributed by atoms with Crippen molar-refractivity contribution >= 4 is 39.3 Å². The van der Waals surface area contributed by atoms with Crippen LogP contribution in [0.25, 0.3) is 0 Å². The maximum Gasteiger partial charge on any atom is 0.229 e. The third-order valence-corrected chi connectivity index (χ3v) is 5.71. The molecule has 2 aliphatic rings. The Balaban J connectivity index is 1.69. The zero-order valence-electron chi connectivity index (χ0n) is 11.3. The van der Waals surface area contributed by atoms with E-state index in [1.807, 2.05) is 0 Å². The van der Waals surface area contributed by atoms with E-state index in [0.29, 0.717) is 13.0 Å². The van der Waals surface area contributed by atoms with Crippen molar-refractivity contribution in [1.82, 2.24) is 10.3 Å². The molecular weight excluding hydrogens is 294 g/mol. The number of nitrogens with zero attached hydrogens (tertiary/aromatic N) is 2. The normalized spacial score (nSPS) is 22.1. The lowest BCUT2D eigenvalue weighted by atomic mass is 10.1. The average molecular weight is 311 g/mol. The van der Waals surface area contributed by atoms with Gasteiger partial charge in [0.1, 0.15) is 0 Å². The number of aromatic nitrogens is 1. The molecule has 5 nitrogen and oxygen atoms in total. The number of fused-ring (bicyclic) bond motifs is 1. The van der Waals surface area contributed by atoms with Crippen LogP contribution in [0.15, 0.2) is 0 Å². The molecule has 0 aliphatic carbocycles. The van der Waals surface area contributed by atoms with Gasteiger partial charge in [-0.1, -0.05) is 23.1 Å². The van der Waals surface area contributed by atoms with Gasteiger partial charge in [-0.15, -0.1) is 0 Å². The fraction of sp³-hybridized carbons (Fsp3) is 0.615. The second-order valence-electron chi connectivity index (χ2n) is 5.17. The Bertz CT molecular complexity index is 520. The smallest absolute Gasteiger partial charge is 0.229 e. The van der Waals surface area contributed by atoms with E-state index in [4.69, 9.17) is 0 Å². The number of amides is 1. The summed E-state index contributed by atoms with van der Waals surface area (Å²) >= 11 is 2.93. The lowest BCUT2D eigenvalue weighted by molar-refractivity contribution is -0.117. The van der Waals surface area contributed by atoms with Crippen LogP contribution in [-0.2, 0) is 22.6 Å². The molecule has 0 radical (unpaired) electrons. The van der Waals surface area contributed by atoms with Crippen LogP contribution >= 0.6 is 23.1 Å². The molecular formula is C13H17N3O2S2. The number of carbonyl (C=O) groups is 2. The highest BCUT2D eigenvalue weighted by molar-refractivity contribution is 8.13. The second-order valence-corrected chi connectivity index (χ2v) is 7.43. The number of nitrogens with one attached hydrogen (secondary N) is 1. The van der Waals surface area contributed by atoms with E-state index in [9.17, 15) is 9.59 Å². The molecule has 1 amide bonds. The maximum atomic E-state index is 12.1. The van der Waals surface area contributed by atoms with Gasteiger partial charge in [-0.05, 0) is 5.92 Å². The Morgan fingerprint density at radius 2 is 2.45 bits per heavy atom. The van der Waals surface area contributed by atoms with E-state index in [1.165, 1.54) is 16.6 Å². The van der Waals surface area contributed by atoms with Crippen LogP contribution in [0.2, 0.25) is 0 Å². The first-order chi connectivity index (χ1) is 9.63. The van der Waals surface area contributed by atoms with E-state index >= 15 is 0 Å². The van der Waals surface area contributed by atoms with Gasteiger partial charge in [0.05, 0.1) is 5.69 Å². The summed E-state index contributed by atoms with van der Waals surface area (Å²) in [6.07, 6.45) is 1.47. The minimum atomic E-state index is 0.117. The van der Waals surface area contributed by atoms with Crippen LogP contribution in [0, 0.1) is 5.92 Å². The number of anilines is 1. The van der Waals surface area contributed by atoms with Crippen molar-refractivity contribution in [2.24, 2.45) is 5.92 Å². The largest absolute Gasteiger partial charge is 0.311 e. The summed E-state index contributed by atoms with van der Waals surface area (Å²) in [5.74, 6) is 1.12. The first-order valence-corrected chi connectivity index (χ1v) is 8.56. The molecule has 1 aromatic rings. The van der Waals surface area contributed by atoms with Crippen LogP contribution in [0.4, 0.5) is 5.13 Å². The third-order valence-electron chi connectivity index (χ3n) is 3.55. The van der Waals surface area contributed by atoms with E-state index in [2.05, 4.69) is 10.3 Å². The molecule has 3 rings (SSSR count). The Hall–Kier alpha value is -0.920. The topological polar surface area (TPSA) is 62.3 Å². The van der Waals surface area contributed by atoms with Gasteiger partial charge in [-0.3, -0.25) is 14.5 Å². The highest BCUT2D eigenvalue weighted by Crippen LogP contribution is 2.33. The van der Waals surface area contributed by atoms with Crippen molar-refractivity contribution in [3.8, 4) is 0 Å². The van der Waals surface area contributed by atoms with Crippen LogP contribution in [0.3, 0.4) is 0 Å². The number of hydrogen-bond donors (Lipinski definition) is 1. The van der Waals surface area contributed by atoms with E-state index in [1.54, 1.807) is 23.2 Å². The molecule has 0 aromatic carbocycles. The number of rotatable bonds is 3. The Morgan fingerprint density at radius 3 is 3.20 bits per heavy atom. The molecule has 20 heavy (non-hydrogen) atoms. The van der Waals surface area contributed by atoms with E-state index < -0.39 is 0 Å². The lowest BCUT2D eigenvalue weighted by Gasteiger charge is -2.12. The average Bonchev–Trinajstić information content (AvgIpc) is 2.99. The third kappa shape index (κ3) is 2.89. The van der Waals surface area contributed by atoms with Gasteiger partial charge < -0.3 is 5.32 Å². The second kappa shape index (κ2) is 5.83. The lowest BCUT2D eigenvalue weighted by Crippen LogP contribution is -2.24. The van der Waals surface area contributed by atoms with Crippen LogP contribution in [0.1, 0.15) is 23.9 Å². The zero-order valence-corrected chi connectivity index (χ0v) is 13.0. The Morgan fingerprint density at radius 1 is 1.60 bits per heavy atom. The minimum absolute atomic E-state index is 0.117. The molecule has 0 saturated carbocycles. The van der Waals surface area contributed by atoms with Gasteiger partial charge in [-0.2, -0.15) is 0 Å². The standard InChI is InChI=1S/C13H17N3O2S2/c1-8(17)19-7-9-4-12(18)16(6-9)13-15-10-2-3-14-5-11(10)20-13/h9,14H,2-7H2,1H3. The highest BCUT2D eigenvalue weighted by Gasteiger charge is 2.33. The first kappa shape index (κ1) is 14.0. The predicted octanol–water partition coefficient (Wildman–Crippen LogP) is 1.42. The van der Waals surface area contributed by atoms with Crippen molar-refractivity contribution in [2.45, 2.75) is 26.3 Å². The summed E-state index contributed by atoms with van der Waals surface area (Å²) in [6, 6.07) is 0. The number of carbonyl (C=O) groups excluding carboxylic acids is 2. The Labute approximate surface area is 126 Å². The number of thioether (sulfide) groups is 1. The molecule has 108 valence electrons. The van der Waals surface area contributed by atoms with Crippen LogP contribution in [0.5, 0.6) is 0 Å². The van der Waals surface area contributed by atoms with E-state index in [-0.39, 0.29) is 16.9 Å². The monoisotopic (exact) mass is 311 g/mol. The van der Waals surface area contributed by atoms with Crippen molar-refractivity contribution in [3.05, 3.63) is 10.6 Å². The van der Waals surface area contributed by atoms with Gasteiger partial charge in [0.2, 0.25) is 5.91 Å². The van der Waals surface area contributed by atoms with Gasteiger partial charge in [0, 0.05) is 50.0 Å². The first-order valence-electron chi connectivity index (χ1n) is 6.76. The summed E-state index contributed by atoms with van der Waals surface area (Å²) in [4.78, 5) is 30.8. The van der Waals surface area contributed by atoms with Gasteiger partial charge >= 0.3 is 0 Å². The molecule has 1 N–H and O–H groups in total. The van der Waals surface area contributed by atoms with Crippen molar-refractivity contribution in [2.75, 3.05) is 23.7 Å². The highest BCUT2D eigenvalue weighted by atomic mass is 32.2. The molecule has 1 fully saturated rings. The predicted molar refractivity (Wildman–Crippen MR) is 81.1 cm³/mol. The fourth-order valence-electron chi connectivity index (χ4n) is 2.54. The maximum absolute atomic E-state index is 12.1. The zero-order chi connectivity index (χ0) is 14.1. The molecule has 1 atom stereocenters. The summed E-state index contributed by atoms with van der Waals surface area (Å²) in [6.45, 7) is 4.08. The van der Waals surface area contributed by atoms with Gasteiger partial charge in [-0.25, -0.2) is 4.98 Å². The van der Waals surface area contributed by atoms with E-state index in [0.717, 1.165) is 36.1 Å². The molecule has 1 saturated heterocycles. The molecule has 2 aliphatic heterocycles. The summed E-state index contributed by atoms with van der Waals surface area (Å²) in [5.41, 5.74) is 1.14. The molecule has 1 unspecified atom stereocenters. The molecule has 7 heteroatoms. The van der Waals surface area contributed by atoms with Crippen molar-refractivity contribution in [3.63, 3.8) is 0 Å². The van der Waals surface area contributed by atoms with Crippen molar-refractivity contribution < 1.29 is 9.59 Å². The molecule has 0 bridgehead atoms. The quantitative estimate of drug-likeness (QED) is 0.915. The fourth-order valence-corrected chi connectivity index (χ4v) is 4.34. The molecule has 0 spiro atoms. The molecule has 3 heterocycles. The van der Waals surface area contributed by atoms with Gasteiger partial charge in [0.15, 0.2) is 10.2 Å². The van der Waals surface area contributed by atoms with Gasteiger partial charge in [0.25, 0.3) is 0 Å². The van der Waals surface area contributed by atoms with Crippen LogP contribution in [-0.4, -0.2) is 34.8 Å². The summed E-state index contributed by atoms with van der Waals surface area (Å²) in [7, 11) is 0. The van der Waals surface area contributed by atoms with Crippen LogP contribution < -0.4 is 10.2 Å². The number of thiazole rings is 1. The van der Waals surface area contributed by atoms with Crippen molar-refractivity contribution in [1.29, 1.82) is 0 Å². The molecule has 1 aromatic heterocycles. The SMILES string of the molecule is CC(=O)SCC1CC(=O)N(c2nc3c(s2)CNCC3)C1. The minimum Gasteiger partial charge on any atom is -0.311 e. The summed E-state index contributed by atoms with van der Waals surface area (Å²) in [5, 5.41) is 4.27. The summed E-state index contributed by atoms with van der Waals surface area (Å²) < 4.78 is 0. The Kier molecular flexibility index (Phi) is 4.09. The number of hydrogen-bond acceptors (Lipinski definition) is 6.